The van der Waals surface area contributed by atoms with Gasteiger partial charge in [0.2, 0.25) is 0 Å². The van der Waals surface area contributed by atoms with Gasteiger partial charge in [-0.3, -0.25) is 9.59 Å². The van der Waals surface area contributed by atoms with Gasteiger partial charge in [0, 0.05) is 23.8 Å². The zero-order valence-corrected chi connectivity index (χ0v) is 16.4. The van der Waals surface area contributed by atoms with E-state index in [1.165, 1.54) is 0 Å². The lowest BCUT2D eigenvalue weighted by Gasteiger charge is -2.30. The number of aromatic nitrogens is 2. The number of aryl methyl sites for hydroxylation is 2. The molecule has 0 saturated carbocycles. The lowest BCUT2D eigenvalue weighted by Crippen LogP contribution is -2.28. The highest BCUT2D eigenvalue weighted by molar-refractivity contribution is 5.85. The van der Waals surface area contributed by atoms with Crippen LogP contribution in [0.3, 0.4) is 0 Å². The predicted molar refractivity (Wildman–Crippen MR) is 109 cm³/mol. The zero-order valence-electron chi connectivity index (χ0n) is 16.4. The van der Waals surface area contributed by atoms with Crippen LogP contribution in [0.4, 0.5) is 0 Å². The Balaban J connectivity index is 2.00. The number of aliphatic carboxylic acids is 2. The fraction of sp³-hybridized carbons (Fsp3) is 0.304. The Morgan fingerprint density at radius 3 is 2.03 bits per heavy atom. The molecule has 0 unspecified atom stereocenters. The molecular formula is C23H22N2O4. The minimum atomic E-state index is -0.911. The molecule has 1 aliphatic carbocycles. The number of hydrogen-bond acceptors (Lipinski definition) is 4. The summed E-state index contributed by atoms with van der Waals surface area (Å²) in [6, 6.07) is 11.7. The topological polar surface area (TPSA) is 100 Å². The summed E-state index contributed by atoms with van der Waals surface area (Å²) in [6.45, 7) is 4.04. The summed E-state index contributed by atoms with van der Waals surface area (Å²) in [5, 5.41) is 18.7. The number of nitrogens with zero attached hydrogens (tertiary/aromatic N) is 2. The highest BCUT2D eigenvalue weighted by Crippen LogP contribution is 2.52. The first-order valence-corrected chi connectivity index (χ1v) is 9.65. The summed E-state index contributed by atoms with van der Waals surface area (Å²) in [5.74, 6) is -1.82. The molecular weight excluding hydrogens is 368 g/mol. The molecule has 1 aromatic heterocycles. The fourth-order valence-electron chi connectivity index (χ4n) is 4.34. The molecule has 0 fully saturated rings. The van der Waals surface area contributed by atoms with Gasteiger partial charge >= 0.3 is 11.9 Å². The smallest absolute Gasteiger partial charge is 0.303 e. The molecule has 0 radical (unpaired) electrons. The van der Waals surface area contributed by atoms with Crippen molar-refractivity contribution in [3.05, 3.63) is 58.8 Å². The monoisotopic (exact) mass is 390 g/mol. The molecule has 2 N–H and O–H groups in total. The lowest BCUT2D eigenvalue weighted by atomic mass is 9.73. The largest absolute Gasteiger partial charge is 0.481 e. The van der Waals surface area contributed by atoms with E-state index >= 15 is 0 Å². The average molecular weight is 390 g/mol. The molecule has 6 nitrogen and oxygen atoms in total. The van der Waals surface area contributed by atoms with Crippen molar-refractivity contribution in [1.82, 2.24) is 9.97 Å². The zero-order chi connectivity index (χ0) is 20.8. The maximum atomic E-state index is 11.4. The van der Waals surface area contributed by atoms with Crippen LogP contribution >= 0.6 is 0 Å². The summed E-state index contributed by atoms with van der Waals surface area (Å²) in [4.78, 5) is 32.6. The highest BCUT2D eigenvalue weighted by Gasteiger charge is 2.45. The van der Waals surface area contributed by atoms with Gasteiger partial charge in [-0.15, -0.1) is 0 Å². The van der Waals surface area contributed by atoms with Crippen LogP contribution in [0.2, 0.25) is 0 Å². The molecule has 1 aliphatic rings. The van der Waals surface area contributed by atoms with E-state index in [1.54, 1.807) is 0 Å². The summed E-state index contributed by atoms with van der Waals surface area (Å²) < 4.78 is 0. The van der Waals surface area contributed by atoms with E-state index in [0.29, 0.717) is 5.69 Å². The van der Waals surface area contributed by atoms with Crippen molar-refractivity contribution in [3.8, 4) is 11.3 Å². The number of carboxylic acid groups (broad SMARTS) is 2. The number of rotatable bonds is 6. The Hall–Kier alpha value is -3.28. The fourth-order valence-corrected chi connectivity index (χ4v) is 4.34. The van der Waals surface area contributed by atoms with Crippen LogP contribution in [0.5, 0.6) is 0 Å². The van der Waals surface area contributed by atoms with Gasteiger partial charge in [-0.1, -0.05) is 24.3 Å². The molecule has 0 spiro atoms. The number of carbonyl (C=O) groups is 2. The molecule has 1 heterocycles. The molecule has 0 amide bonds. The van der Waals surface area contributed by atoms with Crippen molar-refractivity contribution in [3.63, 3.8) is 0 Å². The van der Waals surface area contributed by atoms with Gasteiger partial charge in [0.05, 0.1) is 22.4 Å². The number of hydrogen-bond donors (Lipinski definition) is 2. The van der Waals surface area contributed by atoms with Gasteiger partial charge in [0.25, 0.3) is 0 Å². The first kappa shape index (κ1) is 19.1. The van der Waals surface area contributed by atoms with Crippen molar-refractivity contribution in [2.24, 2.45) is 0 Å². The Morgan fingerprint density at radius 1 is 0.897 bits per heavy atom. The molecule has 29 heavy (non-hydrogen) atoms. The summed E-state index contributed by atoms with van der Waals surface area (Å²) in [6.07, 6.45) is 0.426. The second-order valence-corrected chi connectivity index (χ2v) is 7.76. The SMILES string of the molecule is Cc1cc2nc3c(nc2cc1C)C(CCC(=O)O)(CCC(=O)O)c1ccccc1-3. The van der Waals surface area contributed by atoms with Crippen LogP contribution in [0, 0.1) is 13.8 Å². The van der Waals surface area contributed by atoms with Gasteiger partial charge in [0.1, 0.15) is 0 Å². The number of fused-ring (bicyclic) bond motifs is 4. The average Bonchev–Trinajstić information content (AvgIpc) is 2.94. The van der Waals surface area contributed by atoms with Crippen molar-refractivity contribution < 1.29 is 19.8 Å². The van der Waals surface area contributed by atoms with Gasteiger partial charge in [-0.2, -0.15) is 0 Å². The highest BCUT2D eigenvalue weighted by atomic mass is 16.4. The first-order valence-electron chi connectivity index (χ1n) is 9.65. The van der Waals surface area contributed by atoms with Crippen LogP contribution in [0.25, 0.3) is 22.3 Å². The first-order chi connectivity index (χ1) is 13.8. The summed E-state index contributed by atoms with van der Waals surface area (Å²) in [7, 11) is 0. The molecule has 6 heteroatoms. The van der Waals surface area contributed by atoms with E-state index in [-0.39, 0.29) is 25.7 Å². The Kier molecular flexibility index (Phi) is 4.57. The number of benzene rings is 2. The van der Waals surface area contributed by atoms with Crippen LogP contribution < -0.4 is 0 Å². The van der Waals surface area contributed by atoms with Crippen LogP contribution in [-0.4, -0.2) is 32.1 Å². The van der Waals surface area contributed by atoms with E-state index in [0.717, 1.165) is 39.0 Å². The van der Waals surface area contributed by atoms with E-state index < -0.39 is 17.4 Å². The van der Waals surface area contributed by atoms with E-state index in [2.05, 4.69) is 0 Å². The lowest BCUT2D eigenvalue weighted by molar-refractivity contribution is -0.137. The van der Waals surface area contributed by atoms with E-state index in [1.807, 2.05) is 50.2 Å². The molecule has 0 bridgehead atoms. The van der Waals surface area contributed by atoms with E-state index in [9.17, 15) is 19.8 Å². The Bertz CT molecular complexity index is 1140. The Morgan fingerprint density at radius 2 is 1.45 bits per heavy atom. The van der Waals surface area contributed by atoms with Crippen molar-refractivity contribution in [2.45, 2.75) is 44.9 Å². The summed E-state index contributed by atoms with van der Waals surface area (Å²) in [5.41, 5.74) is 6.23. The van der Waals surface area contributed by atoms with Crippen LogP contribution in [0.1, 0.15) is 48.1 Å². The maximum absolute atomic E-state index is 11.4. The molecule has 3 aromatic rings. The quantitative estimate of drug-likeness (QED) is 0.653. The molecule has 0 saturated heterocycles. The van der Waals surface area contributed by atoms with Crippen LogP contribution in [-0.2, 0) is 15.0 Å². The van der Waals surface area contributed by atoms with Gasteiger partial charge < -0.3 is 10.2 Å². The second kappa shape index (κ2) is 6.95. The second-order valence-electron chi connectivity index (χ2n) is 7.76. The number of carboxylic acids is 2. The molecule has 148 valence electrons. The van der Waals surface area contributed by atoms with Crippen molar-refractivity contribution >= 4 is 23.0 Å². The molecule has 0 aliphatic heterocycles. The van der Waals surface area contributed by atoms with Crippen molar-refractivity contribution in [1.29, 1.82) is 0 Å². The summed E-state index contributed by atoms with van der Waals surface area (Å²) >= 11 is 0. The molecule has 4 rings (SSSR count). The molecule has 0 atom stereocenters. The van der Waals surface area contributed by atoms with Gasteiger partial charge in [-0.25, -0.2) is 9.97 Å². The standard InChI is InChI=1S/C23H22N2O4/c1-13-11-17-18(12-14(13)2)25-22-21(24-17)15-5-3-4-6-16(15)23(22,9-7-19(26)27)10-8-20(28)29/h3-6,11-12H,7-10H2,1-2H3,(H,26,27)(H,28,29). The van der Waals surface area contributed by atoms with Gasteiger partial charge in [-0.05, 0) is 55.5 Å². The third kappa shape index (κ3) is 3.14. The van der Waals surface area contributed by atoms with E-state index in [4.69, 9.17) is 9.97 Å². The predicted octanol–water partition coefficient (Wildman–Crippen LogP) is 4.24. The molecule has 2 aromatic carbocycles. The third-order valence-corrected chi connectivity index (χ3v) is 5.96. The van der Waals surface area contributed by atoms with Gasteiger partial charge in [0.15, 0.2) is 0 Å². The van der Waals surface area contributed by atoms with Crippen molar-refractivity contribution in [2.75, 3.05) is 0 Å². The normalized spacial score (nSPS) is 13.9. The minimum Gasteiger partial charge on any atom is -0.481 e. The Labute approximate surface area is 168 Å². The van der Waals surface area contributed by atoms with Crippen LogP contribution in [0.15, 0.2) is 36.4 Å². The maximum Gasteiger partial charge on any atom is 0.303 e. The third-order valence-electron chi connectivity index (χ3n) is 5.96. The minimum absolute atomic E-state index is 0.0694.